The smallest absolute Gasteiger partial charge is 0.251 e. The predicted octanol–water partition coefficient (Wildman–Crippen LogP) is 1.69. The van der Waals surface area contributed by atoms with E-state index in [2.05, 4.69) is 20.9 Å². The molecule has 2 N–H and O–H groups in total. The summed E-state index contributed by atoms with van der Waals surface area (Å²) in [7, 11) is 0. The standard InChI is InChI=1S/C16H21N5O2S.2ClH/c17-9-11-1-2-13(23-11)16(22)21-6-4-20(5-7-21)14-12-3-8-24-15(12)19-10-18-14;;/h3,8,10-11,13H,1-2,4-7,9,17H2;2*1H/t11-,13+;;/m1../s1. The van der Waals surface area contributed by atoms with Crippen LogP contribution in [0.1, 0.15) is 12.8 Å². The van der Waals surface area contributed by atoms with Crippen molar-refractivity contribution >= 4 is 58.1 Å². The molecular weight excluding hydrogens is 397 g/mol. The maximum atomic E-state index is 12.6. The highest BCUT2D eigenvalue weighted by Gasteiger charge is 2.34. The van der Waals surface area contributed by atoms with Crippen molar-refractivity contribution in [1.29, 1.82) is 0 Å². The van der Waals surface area contributed by atoms with Gasteiger partial charge in [-0.1, -0.05) is 0 Å². The van der Waals surface area contributed by atoms with E-state index in [1.54, 1.807) is 17.7 Å². The second-order valence-corrected chi connectivity index (χ2v) is 7.10. The number of hydrogen-bond donors (Lipinski definition) is 1. The van der Waals surface area contributed by atoms with Crippen LogP contribution in [0.25, 0.3) is 10.2 Å². The van der Waals surface area contributed by atoms with Crippen LogP contribution in [0.15, 0.2) is 17.8 Å². The zero-order valence-electron chi connectivity index (χ0n) is 14.2. The lowest BCUT2D eigenvalue weighted by atomic mass is 10.1. The number of fused-ring (bicyclic) bond motifs is 1. The van der Waals surface area contributed by atoms with Gasteiger partial charge in [0.25, 0.3) is 5.91 Å². The molecule has 2 aliphatic heterocycles. The first-order valence-electron chi connectivity index (χ1n) is 8.33. The van der Waals surface area contributed by atoms with E-state index in [1.807, 2.05) is 10.3 Å². The van der Waals surface area contributed by atoms with E-state index in [0.29, 0.717) is 19.6 Å². The number of thiophene rings is 1. The minimum absolute atomic E-state index is 0. The number of carbonyl (C=O) groups excluding carboxylic acids is 1. The molecule has 2 saturated heterocycles. The minimum Gasteiger partial charge on any atom is -0.364 e. The molecule has 0 aliphatic carbocycles. The third-order valence-corrected chi connectivity index (χ3v) is 5.60. The Labute approximate surface area is 168 Å². The molecular formula is C16H23Cl2N5O2S. The van der Waals surface area contributed by atoms with E-state index in [0.717, 1.165) is 42.0 Å². The van der Waals surface area contributed by atoms with Crippen molar-refractivity contribution in [3.8, 4) is 0 Å². The fourth-order valence-corrected chi connectivity index (χ4v) is 4.16. The third-order valence-electron chi connectivity index (χ3n) is 4.78. The number of amides is 1. The molecule has 10 heteroatoms. The SMILES string of the molecule is Cl.Cl.NC[C@H]1CC[C@@H](C(=O)N2CCN(c3ncnc4sccc34)CC2)O1. The number of anilines is 1. The van der Waals surface area contributed by atoms with Gasteiger partial charge in [-0.25, -0.2) is 9.97 Å². The number of rotatable bonds is 3. The summed E-state index contributed by atoms with van der Waals surface area (Å²) in [5.41, 5.74) is 5.63. The van der Waals surface area contributed by atoms with Crippen LogP contribution in [0, 0.1) is 0 Å². The van der Waals surface area contributed by atoms with Gasteiger partial charge in [-0.3, -0.25) is 4.79 Å². The summed E-state index contributed by atoms with van der Waals surface area (Å²) in [5.74, 6) is 1.07. The molecule has 2 aromatic rings. The highest BCUT2D eigenvalue weighted by molar-refractivity contribution is 7.16. The van der Waals surface area contributed by atoms with E-state index < -0.39 is 0 Å². The molecule has 1 amide bonds. The molecule has 144 valence electrons. The molecule has 26 heavy (non-hydrogen) atoms. The van der Waals surface area contributed by atoms with Gasteiger partial charge < -0.3 is 20.3 Å². The molecule has 7 nitrogen and oxygen atoms in total. The van der Waals surface area contributed by atoms with Crippen molar-refractivity contribution in [1.82, 2.24) is 14.9 Å². The van der Waals surface area contributed by atoms with Gasteiger partial charge in [-0.05, 0) is 24.3 Å². The Kier molecular flexibility index (Phi) is 7.42. The summed E-state index contributed by atoms with van der Waals surface area (Å²) < 4.78 is 5.74. The monoisotopic (exact) mass is 419 g/mol. The maximum absolute atomic E-state index is 12.6. The van der Waals surface area contributed by atoms with Gasteiger partial charge in [0.15, 0.2) is 0 Å². The molecule has 2 atom stereocenters. The molecule has 4 heterocycles. The molecule has 0 radical (unpaired) electrons. The highest BCUT2D eigenvalue weighted by atomic mass is 35.5. The summed E-state index contributed by atoms with van der Waals surface area (Å²) in [6.45, 7) is 3.44. The molecule has 4 rings (SSSR count). The Bertz CT molecular complexity index is 738. The molecule has 0 saturated carbocycles. The van der Waals surface area contributed by atoms with Gasteiger partial charge in [0.05, 0.1) is 11.5 Å². The minimum atomic E-state index is -0.312. The van der Waals surface area contributed by atoms with Crippen molar-refractivity contribution in [2.45, 2.75) is 25.0 Å². The summed E-state index contributed by atoms with van der Waals surface area (Å²) in [5, 5.41) is 3.13. The molecule has 0 bridgehead atoms. The van der Waals surface area contributed by atoms with Crippen LogP contribution in [-0.4, -0.2) is 65.7 Å². The quantitative estimate of drug-likeness (QED) is 0.814. The van der Waals surface area contributed by atoms with Crippen LogP contribution in [0.2, 0.25) is 0 Å². The molecule has 0 aromatic carbocycles. The fourth-order valence-electron chi connectivity index (χ4n) is 3.43. The van der Waals surface area contributed by atoms with Gasteiger partial charge in [-0.15, -0.1) is 36.2 Å². The normalized spacial score (nSPS) is 22.8. The van der Waals surface area contributed by atoms with Gasteiger partial charge >= 0.3 is 0 Å². The predicted molar refractivity (Wildman–Crippen MR) is 108 cm³/mol. The summed E-state index contributed by atoms with van der Waals surface area (Å²) >= 11 is 1.62. The summed E-state index contributed by atoms with van der Waals surface area (Å²) in [6, 6.07) is 2.06. The Balaban J connectivity index is 0.00000121. The van der Waals surface area contributed by atoms with Crippen LogP contribution in [0.3, 0.4) is 0 Å². The Morgan fingerprint density at radius 3 is 2.69 bits per heavy atom. The number of ether oxygens (including phenoxy) is 1. The van der Waals surface area contributed by atoms with Gasteiger partial charge in [0, 0.05) is 32.7 Å². The lowest BCUT2D eigenvalue weighted by Gasteiger charge is -2.36. The number of nitrogens with two attached hydrogens (primary N) is 1. The van der Waals surface area contributed by atoms with Gasteiger partial charge in [-0.2, -0.15) is 0 Å². The highest BCUT2D eigenvalue weighted by Crippen LogP contribution is 2.28. The zero-order valence-corrected chi connectivity index (χ0v) is 16.7. The average molecular weight is 420 g/mol. The van der Waals surface area contributed by atoms with Crippen molar-refractivity contribution < 1.29 is 9.53 Å². The van der Waals surface area contributed by atoms with E-state index in [4.69, 9.17) is 10.5 Å². The van der Waals surface area contributed by atoms with E-state index >= 15 is 0 Å². The third kappa shape index (κ3) is 4.04. The topological polar surface area (TPSA) is 84.6 Å². The van der Waals surface area contributed by atoms with Crippen molar-refractivity contribution in [2.75, 3.05) is 37.6 Å². The van der Waals surface area contributed by atoms with Crippen LogP contribution in [0.4, 0.5) is 5.82 Å². The number of halogens is 2. The van der Waals surface area contributed by atoms with Gasteiger partial charge in [0.2, 0.25) is 0 Å². The first kappa shape index (κ1) is 21.1. The second-order valence-electron chi connectivity index (χ2n) is 6.21. The number of carbonyl (C=O) groups is 1. The van der Waals surface area contributed by atoms with Crippen LogP contribution >= 0.6 is 36.2 Å². The lowest BCUT2D eigenvalue weighted by Crippen LogP contribution is -2.51. The van der Waals surface area contributed by atoms with Crippen molar-refractivity contribution in [3.05, 3.63) is 17.8 Å². The summed E-state index contributed by atoms with van der Waals surface area (Å²) in [6.07, 6.45) is 3.00. The summed E-state index contributed by atoms with van der Waals surface area (Å²) in [4.78, 5) is 26.5. The number of piperazine rings is 1. The van der Waals surface area contributed by atoms with E-state index in [9.17, 15) is 4.79 Å². The molecule has 0 unspecified atom stereocenters. The first-order chi connectivity index (χ1) is 11.8. The van der Waals surface area contributed by atoms with E-state index in [1.165, 1.54) is 0 Å². The van der Waals surface area contributed by atoms with Crippen molar-refractivity contribution in [3.63, 3.8) is 0 Å². The maximum Gasteiger partial charge on any atom is 0.251 e. The van der Waals surface area contributed by atoms with E-state index in [-0.39, 0.29) is 42.9 Å². The Hall–Kier alpha value is -1.19. The zero-order chi connectivity index (χ0) is 16.5. The molecule has 0 spiro atoms. The van der Waals surface area contributed by atoms with Crippen LogP contribution < -0.4 is 10.6 Å². The Morgan fingerprint density at radius 2 is 2.00 bits per heavy atom. The van der Waals surface area contributed by atoms with Gasteiger partial charge in [0.1, 0.15) is 23.1 Å². The largest absolute Gasteiger partial charge is 0.364 e. The second kappa shape index (κ2) is 9.14. The first-order valence-corrected chi connectivity index (χ1v) is 9.21. The van der Waals surface area contributed by atoms with Crippen LogP contribution in [-0.2, 0) is 9.53 Å². The average Bonchev–Trinajstić information content (AvgIpc) is 3.30. The number of hydrogen-bond acceptors (Lipinski definition) is 7. The molecule has 2 fully saturated rings. The van der Waals surface area contributed by atoms with Crippen molar-refractivity contribution in [2.24, 2.45) is 5.73 Å². The number of nitrogens with zero attached hydrogens (tertiary/aromatic N) is 4. The Morgan fingerprint density at radius 1 is 1.23 bits per heavy atom. The lowest BCUT2D eigenvalue weighted by molar-refractivity contribution is -0.143. The molecule has 2 aliphatic rings. The van der Waals surface area contributed by atoms with Crippen LogP contribution in [0.5, 0.6) is 0 Å². The fraction of sp³-hybridized carbons (Fsp3) is 0.562. The molecule has 2 aromatic heterocycles. The number of aromatic nitrogens is 2.